The Kier molecular flexibility index (Phi) is 2.12. The Labute approximate surface area is 84.0 Å². The zero-order valence-electron chi connectivity index (χ0n) is 8.76. The first-order chi connectivity index (χ1) is 6.66. The summed E-state index contributed by atoms with van der Waals surface area (Å²) in [5.74, 6) is 0. The smallest absolute Gasteiger partial charge is 0.0923 e. The van der Waals surface area contributed by atoms with Crippen molar-refractivity contribution in [3.05, 3.63) is 41.1 Å². The molecule has 1 aromatic carbocycles. The number of nitrogens with zero attached hydrogens (tertiary/aromatic N) is 1. The molecule has 0 saturated carbocycles. The van der Waals surface area contributed by atoms with Gasteiger partial charge in [0.1, 0.15) is 0 Å². The first-order valence-electron chi connectivity index (χ1n) is 4.76. The lowest BCUT2D eigenvalue weighted by Crippen LogP contribution is -1.83. The Morgan fingerprint density at radius 1 is 1.00 bits per heavy atom. The van der Waals surface area contributed by atoms with Gasteiger partial charge in [0, 0.05) is 11.3 Å². The zero-order chi connectivity index (χ0) is 10.1. The van der Waals surface area contributed by atoms with Crippen molar-refractivity contribution in [1.82, 2.24) is 10.2 Å². The largest absolute Gasteiger partial charge is 0.282 e. The molecule has 0 aliphatic heterocycles. The molecule has 1 heterocycles. The van der Waals surface area contributed by atoms with Crippen LogP contribution in [0.3, 0.4) is 0 Å². The zero-order valence-corrected chi connectivity index (χ0v) is 8.76. The highest BCUT2D eigenvalue weighted by atomic mass is 15.1. The van der Waals surface area contributed by atoms with Crippen molar-refractivity contribution in [2.45, 2.75) is 20.8 Å². The fraction of sp³-hybridized carbons (Fsp3) is 0.250. The van der Waals surface area contributed by atoms with E-state index in [1.165, 1.54) is 16.7 Å². The second kappa shape index (κ2) is 3.29. The Hall–Kier alpha value is -1.57. The molecule has 0 aliphatic carbocycles. The van der Waals surface area contributed by atoms with Crippen molar-refractivity contribution in [3.8, 4) is 11.3 Å². The maximum absolute atomic E-state index is 4.23. The number of rotatable bonds is 1. The quantitative estimate of drug-likeness (QED) is 0.728. The van der Waals surface area contributed by atoms with Crippen LogP contribution in [0.1, 0.15) is 16.8 Å². The van der Waals surface area contributed by atoms with E-state index in [0.29, 0.717) is 0 Å². The molecule has 0 saturated heterocycles. The number of hydrogen-bond donors (Lipinski definition) is 1. The molecular formula is C12H14N2. The van der Waals surface area contributed by atoms with E-state index in [4.69, 9.17) is 0 Å². The highest BCUT2D eigenvalue weighted by Gasteiger charge is 2.02. The van der Waals surface area contributed by atoms with E-state index in [1.54, 1.807) is 0 Å². The van der Waals surface area contributed by atoms with E-state index in [9.17, 15) is 0 Å². The Morgan fingerprint density at radius 3 is 2.36 bits per heavy atom. The van der Waals surface area contributed by atoms with Crippen LogP contribution in [0.2, 0.25) is 0 Å². The van der Waals surface area contributed by atoms with Gasteiger partial charge in [-0.05, 0) is 44.0 Å². The predicted molar refractivity (Wildman–Crippen MR) is 58.2 cm³/mol. The van der Waals surface area contributed by atoms with Gasteiger partial charge < -0.3 is 0 Å². The topological polar surface area (TPSA) is 28.7 Å². The summed E-state index contributed by atoms with van der Waals surface area (Å²) in [5, 5.41) is 7.18. The van der Waals surface area contributed by atoms with Gasteiger partial charge in [-0.3, -0.25) is 5.10 Å². The van der Waals surface area contributed by atoms with E-state index in [2.05, 4.69) is 48.3 Å². The van der Waals surface area contributed by atoms with Gasteiger partial charge in [-0.25, -0.2) is 0 Å². The highest BCUT2D eigenvalue weighted by molar-refractivity contribution is 5.60. The first kappa shape index (κ1) is 9.00. The number of aromatic nitrogens is 2. The van der Waals surface area contributed by atoms with Gasteiger partial charge in [-0.1, -0.05) is 12.1 Å². The second-order valence-corrected chi connectivity index (χ2v) is 3.74. The van der Waals surface area contributed by atoms with Gasteiger partial charge in [-0.2, -0.15) is 5.10 Å². The van der Waals surface area contributed by atoms with Gasteiger partial charge in [0.15, 0.2) is 0 Å². The molecule has 0 aliphatic rings. The molecule has 1 N–H and O–H groups in total. The van der Waals surface area contributed by atoms with Crippen molar-refractivity contribution in [1.29, 1.82) is 0 Å². The van der Waals surface area contributed by atoms with Crippen molar-refractivity contribution in [3.63, 3.8) is 0 Å². The molecule has 72 valence electrons. The van der Waals surface area contributed by atoms with Crippen LogP contribution in [0.15, 0.2) is 24.3 Å². The minimum Gasteiger partial charge on any atom is -0.282 e. The Balaban J connectivity index is 2.47. The van der Waals surface area contributed by atoms with Gasteiger partial charge in [-0.15, -0.1) is 0 Å². The third-order valence-corrected chi connectivity index (χ3v) is 2.51. The minimum atomic E-state index is 1.02. The summed E-state index contributed by atoms with van der Waals surface area (Å²) in [6.07, 6.45) is 0. The molecule has 0 radical (unpaired) electrons. The molecule has 14 heavy (non-hydrogen) atoms. The van der Waals surface area contributed by atoms with E-state index in [1.807, 2.05) is 6.92 Å². The van der Waals surface area contributed by atoms with Crippen molar-refractivity contribution in [2.75, 3.05) is 0 Å². The van der Waals surface area contributed by atoms with Gasteiger partial charge in [0.25, 0.3) is 0 Å². The summed E-state index contributed by atoms with van der Waals surface area (Å²) < 4.78 is 0. The lowest BCUT2D eigenvalue weighted by Gasteiger charge is -2.01. The van der Waals surface area contributed by atoms with E-state index in [-0.39, 0.29) is 0 Å². The molecule has 0 fully saturated rings. The monoisotopic (exact) mass is 186 g/mol. The summed E-state index contributed by atoms with van der Waals surface area (Å²) >= 11 is 0. The SMILES string of the molecule is Cc1cc(-c2ccc(C)c(C)c2)n[nH]1. The summed E-state index contributed by atoms with van der Waals surface area (Å²) in [6.45, 7) is 6.25. The number of benzene rings is 1. The number of aromatic amines is 1. The van der Waals surface area contributed by atoms with Crippen LogP contribution >= 0.6 is 0 Å². The lowest BCUT2D eigenvalue weighted by atomic mass is 10.0. The third-order valence-electron chi connectivity index (χ3n) is 2.51. The summed E-state index contributed by atoms with van der Waals surface area (Å²) in [5.41, 5.74) is 5.92. The number of H-pyrrole nitrogens is 1. The fourth-order valence-electron chi connectivity index (χ4n) is 1.47. The number of hydrogen-bond acceptors (Lipinski definition) is 1. The van der Waals surface area contributed by atoms with E-state index >= 15 is 0 Å². The van der Waals surface area contributed by atoms with Crippen LogP contribution in [-0.4, -0.2) is 10.2 Å². The van der Waals surface area contributed by atoms with Gasteiger partial charge in [0.2, 0.25) is 0 Å². The van der Waals surface area contributed by atoms with Crippen LogP contribution in [0, 0.1) is 20.8 Å². The minimum absolute atomic E-state index is 1.02. The highest BCUT2D eigenvalue weighted by Crippen LogP contribution is 2.20. The number of nitrogens with one attached hydrogen (secondary N) is 1. The molecule has 0 spiro atoms. The van der Waals surface area contributed by atoms with Crippen molar-refractivity contribution >= 4 is 0 Å². The summed E-state index contributed by atoms with van der Waals surface area (Å²) in [6, 6.07) is 8.47. The third kappa shape index (κ3) is 1.55. The molecule has 0 bridgehead atoms. The lowest BCUT2D eigenvalue weighted by molar-refractivity contribution is 1.05. The molecule has 1 aromatic heterocycles. The molecule has 2 aromatic rings. The predicted octanol–water partition coefficient (Wildman–Crippen LogP) is 3.00. The molecule has 0 unspecified atom stereocenters. The normalized spacial score (nSPS) is 10.5. The molecule has 0 amide bonds. The second-order valence-electron chi connectivity index (χ2n) is 3.74. The van der Waals surface area contributed by atoms with Crippen LogP contribution in [0.4, 0.5) is 0 Å². The van der Waals surface area contributed by atoms with Gasteiger partial charge >= 0.3 is 0 Å². The Bertz CT molecular complexity index is 455. The maximum atomic E-state index is 4.23. The maximum Gasteiger partial charge on any atom is 0.0923 e. The fourth-order valence-corrected chi connectivity index (χ4v) is 1.47. The molecule has 0 atom stereocenters. The average Bonchev–Trinajstić information content (AvgIpc) is 2.57. The number of aryl methyl sites for hydroxylation is 3. The first-order valence-corrected chi connectivity index (χ1v) is 4.76. The summed E-state index contributed by atoms with van der Waals surface area (Å²) in [7, 11) is 0. The van der Waals surface area contributed by atoms with Gasteiger partial charge in [0.05, 0.1) is 5.69 Å². The average molecular weight is 186 g/mol. The van der Waals surface area contributed by atoms with Crippen LogP contribution in [-0.2, 0) is 0 Å². The standard InChI is InChI=1S/C12H14N2/c1-8-4-5-11(6-9(8)2)12-7-10(3)13-14-12/h4-7H,1-3H3,(H,13,14). The van der Waals surface area contributed by atoms with Crippen LogP contribution in [0.25, 0.3) is 11.3 Å². The van der Waals surface area contributed by atoms with E-state index in [0.717, 1.165) is 11.4 Å². The van der Waals surface area contributed by atoms with Crippen molar-refractivity contribution < 1.29 is 0 Å². The molecular weight excluding hydrogens is 172 g/mol. The Morgan fingerprint density at radius 2 is 1.79 bits per heavy atom. The molecule has 2 nitrogen and oxygen atoms in total. The van der Waals surface area contributed by atoms with Crippen LogP contribution < -0.4 is 0 Å². The van der Waals surface area contributed by atoms with Crippen LogP contribution in [0.5, 0.6) is 0 Å². The molecule has 2 rings (SSSR count). The molecule has 2 heteroatoms. The van der Waals surface area contributed by atoms with E-state index < -0.39 is 0 Å². The summed E-state index contributed by atoms with van der Waals surface area (Å²) in [4.78, 5) is 0. The van der Waals surface area contributed by atoms with Crippen molar-refractivity contribution in [2.24, 2.45) is 0 Å².